The van der Waals surface area contributed by atoms with Crippen molar-refractivity contribution in [2.75, 3.05) is 40.4 Å². The largest absolute Gasteiger partial charge is 0.381 e. The molecule has 0 bridgehead atoms. The molecule has 2 unspecified atom stereocenters. The lowest BCUT2D eigenvalue weighted by molar-refractivity contribution is 0.160. The first-order chi connectivity index (χ1) is 11.6. The van der Waals surface area contributed by atoms with Crippen LogP contribution in [0, 0.1) is 5.92 Å². The first-order valence-corrected chi connectivity index (χ1v) is 8.98. The lowest BCUT2D eigenvalue weighted by atomic mass is 10.1. The Morgan fingerprint density at radius 1 is 1.25 bits per heavy atom. The summed E-state index contributed by atoms with van der Waals surface area (Å²) in [6, 6.07) is 11.0. The Balaban J connectivity index is 1.57. The summed E-state index contributed by atoms with van der Waals surface area (Å²) in [5.41, 5.74) is 1.23. The van der Waals surface area contributed by atoms with Gasteiger partial charge in [-0.25, -0.2) is 4.79 Å². The second-order valence-electron chi connectivity index (χ2n) is 7.19. The fourth-order valence-electron chi connectivity index (χ4n) is 3.35. The van der Waals surface area contributed by atoms with Crippen molar-refractivity contribution in [3.8, 4) is 0 Å². The van der Waals surface area contributed by atoms with Crippen molar-refractivity contribution in [1.82, 2.24) is 15.1 Å². The second-order valence-corrected chi connectivity index (χ2v) is 7.19. The van der Waals surface area contributed by atoms with Crippen molar-refractivity contribution >= 4 is 6.03 Å². The molecule has 2 fully saturated rings. The zero-order valence-electron chi connectivity index (χ0n) is 14.8. The minimum atomic E-state index is 0.0761. The number of nitrogens with zero attached hydrogens (tertiary/aromatic N) is 2. The number of hydrogen-bond donors (Lipinski definition) is 1. The van der Waals surface area contributed by atoms with Crippen LogP contribution in [-0.4, -0.2) is 62.3 Å². The molecule has 1 saturated carbocycles. The van der Waals surface area contributed by atoms with Crippen molar-refractivity contribution in [3.05, 3.63) is 35.9 Å². The molecule has 2 amide bonds. The zero-order valence-corrected chi connectivity index (χ0v) is 14.8. The van der Waals surface area contributed by atoms with Gasteiger partial charge in [0.15, 0.2) is 0 Å². The molecule has 1 aromatic carbocycles. The second kappa shape index (κ2) is 7.99. The van der Waals surface area contributed by atoms with E-state index < -0.39 is 0 Å². The summed E-state index contributed by atoms with van der Waals surface area (Å²) < 4.78 is 5.46. The van der Waals surface area contributed by atoms with Crippen LogP contribution >= 0.6 is 0 Å². The van der Waals surface area contributed by atoms with E-state index in [0.717, 1.165) is 39.0 Å². The van der Waals surface area contributed by atoms with Crippen molar-refractivity contribution in [1.29, 1.82) is 0 Å². The van der Waals surface area contributed by atoms with E-state index >= 15 is 0 Å². The molecule has 0 radical (unpaired) electrons. The van der Waals surface area contributed by atoms with Gasteiger partial charge in [-0.1, -0.05) is 30.3 Å². The molecule has 132 valence electrons. The van der Waals surface area contributed by atoms with E-state index in [-0.39, 0.29) is 12.1 Å². The summed E-state index contributed by atoms with van der Waals surface area (Å²) in [6.07, 6.45) is 3.34. The Labute approximate surface area is 145 Å². The number of carbonyl (C=O) groups excluding carboxylic acids is 1. The van der Waals surface area contributed by atoms with Gasteiger partial charge in [0.25, 0.3) is 0 Å². The Kier molecular flexibility index (Phi) is 5.74. The highest BCUT2D eigenvalue weighted by molar-refractivity contribution is 5.75. The molecule has 1 N–H and O–H groups in total. The predicted octanol–water partition coefficient (Wildman–Crippen LogP) is 2.50. The highest BCUT2D eigenvalue weighted by atomic mass is 16.5. The Bertz CT molecular complexity index is 525. The molecule has 2 aliphatic rings. The van der Waals surface area contributed by atoms with Gasteiger partial charge in [0.05, 0.1) is 12.6 Å². The van der Waals surface area contributed by atoms with Crippen LogP contribution in [0.15, 0.2) is 30.3 Å². The fraction of sp³-hybridized carbons (Fsp3) is 0.632. The molecule has 5 nitrogen and oxygen atoms in total. The number of rotatable bonds is 7. The Morgan fingerprint density at radius 3 is 2.58 bits per heavy atom. The maximum absolute atomic E-state index is 12.7. The normalized spacial score (nSPS) is 21.7. The van der Waals surface area contributed by atoms with E-state index in [2.05, 4.69) is 36.4 Å². The molecule has 1 aliphatic carbocycles. The van der Waals surface area contributed by atoms with Gasteiger partial charge in [-0.05, 0) is 38.9 Å². The van der Waals surface area contributed by atoms with Crippen LogP contribution in [0.1, 0.15) is 30.9 Å². The molecule has 24 heavy (non-hydrogen) atoms. The summed E-state index contributed by atoms with van der Waals surface area (Å²) in [5.74, 6) is 0.495. The summed E-state index contributed by atoms with van der Waals surface area (Å²) in [6.45, 7) is 3.08. The number of amides is 2. The zero-order chi connectivity index (χ0) is 16.9. The van der Waals surface area contributed by atoms with Gasteiger partial charge in [0, 0.05) is 31.7 Å². The van der Waals surface area contributed by atoms with Gasteiger partial charge in [-0.2, -0.15) is 0 Å². The SMILES string of the molecule is CN(C)C(CNC(=O)N(CC1CCOC1)C1CC1)c1ccccc1. The predicted molar refractivity (Wildman–Crippen MR) is 94.9 cm³/mol. The first-order valence-electron chi connectivity index (χ1n) is 8.98. The van der Waals surface area contributed by atoms with E-state index in [4.69, 9.17) is 4.74 Å². The number of urea groups is 1. The summed E-state index contributed by atoms with van der Waals surface area (Å²) in [5, 5.41) is 3.16. The van der Waals surface area contributed by atoms with Gasteiger partial charge >= 0.3 is 6.03 Å². The third-order valence-electron chi connectivity index (χ3n) is 4.98. The van der Waals surface area contributed by atoms with E-state index in [1.165, 1.54) is 5.56 Å². The molecule has 2 atom stereocenters. The van der Waals surface area contributed by atoms with E-state index in [1.807, 2.05) is 23.1 Å². The van der Waals surface area contributed by atoms with Gasteiger partial charge in [0.2, 0.25) is 0 Å². The average molecular weight is 331 g/mol. The van der Waals surface area contributed by atoms with Crippen LogP contribution in [0.4, 0.5) is 4.79 Å². The van der Waals surface area contributed by atoms with Crippen LogP contribution in [0.5, 0.6) is 0 Å². The van der Waals surface area contributed by atoms with E-state index in [9.17, 15) is 4.79 Å². The van der Waals surface area contributed by atoms with Crippen LogP contribution in [0.25, 0.3) is 0 Å². The smallest absolute Gasteiger partial charge is 0.317 e. The number of carbonyl (C=O) groups is 1. The number of likely N-dealkylation sites (N-methyl/N-ethyl adjacent to an activating group) is 1. The molecule has 0 spiro atoms. The highest BCUT2D eigenvalue weighted by Crippen LogP contribution is 2.29. The van der Waals surface area contributed by atoms with Crippen LogP contribution in [0.2, 0.25) is 0 Å². The van der Waals surface area contributed by atoms with Crippen LogP contribution in [-0.2, 0) is 4.74 Å². The van der Waals surface area contributed by atoms with Gasteiger partial charge in [-0.15, -0.1) is 0 Å². The quantitative estimate of drug-likeness (QED) is 0.835. The number of benzene rings is 1. The van der Waals surface area contributed by atoms with Crippen molar-refractivity contribution < 1.29 is 9.53 Å². The van der Waals surface area contributed by atoms with Crippen molar-refractivity contribution in [2.45, 2.75) is 31.3 Å². The maximum atomic E-state index is 12.7. The molecule has 5 heteroatoms. The highest BCUT2D eigenvalue weighted by Gasteiger charge is 2.35. The van der Waals surface area contributed by atoms with Gasteiger partial charge in [0.1, 0.15) is 0 Å². The topological polar surface area (TPSA) is 44.8 Å². The van der Waals surface area contributed by atoms with Crippen LogP contribution < -0.4 is 5.32 Å². The Hall–Kier alpha value is -1.59. The number of hydrogen-bond acceptors (Lipinski definition) is 3. The Morgan fingerprint density at radius 2 is 2.00 bits per heavy atom. The van der Waals surface area contributed by atoms with Crippen molar-refractivity contribution in [2.24, 2.45) is 5.92 Å². The standard InChI is InChI=1S/C19H29N3O2/c1-21(2)18(16-6-4-3-5-7-16)12-20-19(23)22(17-8-9-17)13-15-10-11-24-14-15/h3-7,15,17-18H,8-14H2,1-2H3,(H,20,23). The lowest BCUT2D eigenvalue weighted by Gasteiger charge is -2.29. The number of ether oxygens (including phenoxy) is 1. The molecule has 0 aromatic heterocycles. The molecule has 3 rings (SSSR count). The summed E-state index contributed by atoms with van der Waals surface area (Å²) >= 11 is 0. The molecule has 1 saturated heterocycles. The summed E-state index contributed by atoms with van der Waals surface area (Å²) in [4.78, 5) is 16.9. The molecule has 1 heterocycles. The molecular formula is C19H29N3O2. The van der Waals surface area contributed by atoms with E-state index in [0.29, 0.717) is 18.5 Å². The maximum Gasteiger partial charge on any atom is 0.317 e. The van der Waals surface area contributed by atoms with E-state index in [1.54, 1.807) is 0 Å². The molecule has 1 aromatic rings. The van der Waals surface area contributed by atoms with Gasteiger partial charge < -0.3 is 19.9 Å². The minimum Gasteiger partial charge on any atom is -0.381 e. The van der Waals surface area contributed by atoms with Crippen LogP contribution in [0.3, 0.4) is 0 Å². The molecule has 1 aliphatic heterocycles. The van der Waals surface area contributed by atoms with Gasteiger partial charge in [-0.3, -0.25) is 0 Å². The number of nitrogens with one attached hydrogen (secondary N) is 1. The third kappa shape index (κ3) is 4.48. The lowest BCUT2D eigenvalue weighted by Crippen LogP contribution is -2.46. The minimum absolute atomic E-state index is 0.0761. The monoisotopic (exact) mass is 331 g/mol. The average Bonchev–Trinajstić information content (AvgIpc) is 3.29. The summed E-state index contributed by atoms with van der Waals surface area (Å²) in [7, 11) is 4.11. The first kappa shape index (κ1) is 17.2. The third-order valence-corrected chi connectivity index (χ3v) is 4.98. The molecular weight excluding hydrogens is 302 g/mol. The fourth-order valence-corrected chi connectivity index (χ4v) is 3.35. The van der Waals surface area contributed by atoms with Crippen molar-refractivity contribution in [3.63, 3.8) is 0 Å².